The summed E-state index contributed by atoms with van der Waals surface area (Å²) in [6.45, 7) is 2.27. The summed E-state index contributed by atoms with van der Waals surface area (Å²) in [5.74, 6) is -0.0655. The Morgan fingerprint density at radius 3 is 2.30 bits per heavy atom. The lowest BCUT2D eigenvalue weighted by molar-refractivity contribution is -0.121. The van der Waals surface area contributed by atoms with Crippen LogP contribution < -0.4 is 14.5 Å². The van der Waals surface area contributed by atoms with Crippen molar-refractivity contribution in [2.75, 3.05) is 35.1 Å². The molecule has 0 aromatic heterocycles. The van der Waals surface area contributed by atoms with Gasteiger partial charge in [0.05, 0.1) is 11.9 Å². The molecule has 2 fully saturated rings. The second-order valence-corrected chi connectivity index (χ2v) is 9.60. The number of carbonyl (C=O) groups is 1. The molecule has 6 nitrogen and oxygen atoms in total. The van der Waals surface area contributed by atoms with Gasteiger partial charge in [0.15, 0.2) is 0 Å². The van der Waals surface area contributed by atoms with Crippen molar-refractivity contribution in [2.24, 2.45) is 0 Å². The maximum Gasteiger partial charge on any atom is 0.232 e. The Hall–Kier alpha value is -1.76. The number of nitrogens with one attached hydrogen (secondary N) is 1. The van der Waals surface area contributed by atoms with Crippen LogP contribution in [-0.2, 0) is 14.8 Å². The molecule has 1 aliphatic heterocycles. The van der Waals surface area contributed by atoms with Crippen molar-refractivity contribution in [3.8, 4) is 0 Å². The van der Waals surface area contributed by atoms with E-state index in [9.17, 15) is 13.2 Å². The number of anilines is 2. The Labute approximate surface area is 163 Å². The van der Waals surface area contributed by atoms with E-state index in [1.165, 1.54) is 29.8 Å². The number of nitrogens with zero attached hydrogens (tertiary/aromatic N) is 2. The maximum atomic E-state index is 12.3. The average Bonchev–Trinajstić information content (AvgIpc) is 3.17. The molecule has 1 heterocycles. The Bertz CT molecular complexity index is 721. The first-order valence-corrected chi connectivity index (χ1v) is 11.9. The Kier molecular flexibility index (Phi) is 6.63. The predicted molar refractivity (Wildman–Crippen MR) is 110 cm³/mol. The lowest BCUT2D eigenvalue weighted by Gasteiger charge is -2.25. The monoisotopic (exact) mass is 393 g/mol. The van der Waals surface area contributed by atoms with Crippen LogP contribution in [0.2, 0.25) is 0 Å². The van der Waals surface area contributed by atoms with E-state index in [2.05, 4.69) is 10.2 Å². The van der Waals surface area contributed by atoms with Gasteiger partial charge in [0.25, 0.3) is 0 Å². The summed E-state index contributed by atoms with van der Waals surface area (Å²) in [7, 11) is -3.44. The summed E-state index contributed by atoms with van der Waals surface area (Å²) >= 11 is 0. The molecule has 0 atom stereocenters. The first-order valence-electron chi connectivity index (χ1n) is 10.1. The van der Waals surface area contributed by atoms with Gasteiger partial charge in [-0.2, -0.15) is 0 Å². The molecule has 0 unspecified atom stereocenters. The van der Waals surface area contributed by atoms with Crippen molar-refractivity contribution in [2.45, 2.75) is 57.4 Å². The molecule has 150 valence electrons. The predicted octanol–water partition coefficient (Wildman–Crippen LogP) is 2.89. The second-order valence-electron chi connectivity index (χ2n) is 7.70. The molecule has 1 N–H and O–H groups in total. The van der Waals surface area contributed by atoms with E-state index in [0.717, 1.165) is 44.5 Å². The SMILES string of the molecule is CS(=O)(=O)N(CCC(=O)NC1CCCCC1)c1ccc(N2CCCC2)cc1. The normalized spacial score (nSPS) is 18.5. The molecule has 0 bridgehead atoms. The molecule has 0 radical (unpaired) electrons. The lowest BCUT2D eigenvalue weighted by Crippen LogP contribution is -2.39. The van der Waals surface area contributed by atoms with Crippen LogP contribution in [0.15, 0.2) is 24.3 Å². The molecule has 1 amide bonds. The van der Waals surface area contributed by atoms with Crippen LogP contribution in [-0.4, -0.2) is 46.3 Å². The summed E-state index contributed by atoms with van der Waals surface area (Å²) in [6.07, 6.45) is 9.38. The number of rotatable bonds is 7. The van der Waals surface area contributed by atoms with Gasteiger partial charge in [0.2, 0.25) is 15.9 Å². The van der Waals surface area contributed by atoms with Crippen LogP contribution in [0, 0.1) is 0 Å². The fraction of sp³-hybridized carbons (Fsp3) is 0.650. The number of benzene rings is 1. The summed E-state index contributed by atoms with van der Waals surface area (Å²) < 4.78 is 25.9. The third-order valence-electron chi connectivity index (χ3n) is 5.52. The van der Waals surface area contributed by atoms with Gasteiger partial charge in [-0.25, -0.2) is 8.42 Å². The van der Waals surface area contributed by atoms with E-state index in [4.69, 9.17) is 0 Å². The molecule has 0 spiro atoms. The van der Waals surface area contributed by atoms with Crippen LogP contribution in [0.1, 0.15) is 51.4 Å². The Morgan fingerprint density at radius 1 is 1.07 bits per heavy atom. The number of sulfonamides is 1. The van der Waals surface area contributed by atoms with Crippen molar-refractivity contribution < 1.29 is 13.2 Å². The number of amides is 1. The van der Waals surface area contributed by atoms with Crippen LogP contribution in [0.3, 0.4) is 0 Å². The molecule has 1 aromatic rings. The Balaban J connectivity index is 1.61. The van der Waals surface area contributed by atoms with Gasteiger partial charge in [-0.15, -0.1) is 0 Å². The first kappa shape index (κ1) is 20.0. The topological polar surface area (TPSA) is 69.7 Å². The van der Waals surface area contributed by atoms with Crippen molar-refractivity contribution in [3.63, 3.8) is 0 Å². The van der Waals surface area contributed by atoms with Crippen LogP contribution >= 0.6 is 0 Å². The number of hydrogen-bond acceptors (Lipinski definition) is 4. The molecule has 2 aliphatic rings. The van der Waals surface area contributed by atoms with E-state index in [1.54, 1.807) is 0 Å². The highest BCUT2D eigenvalue weighted by molar-refractivity contribution is 7.92. The molecular formula is C20H31N3O3S. The largest absolute Gasteiger partial charge is 0.372 e. The van der Waals surface area contributed by atoms with E-state index in [1.807, 2.05) is 24.3 Å². The second kappa shape index (κ2) is 8.95. The van der Waals surface area contributed by atoms with E-state index < -0.39 is 10.0 Å². The van der Waals surface area contributed by atoms with Crippen LogP contribution in [0.5, 0.6) is 0 Å². The minimum atomic E-state index is -3.44. The maximum absolute atomic E-state index is 12.3. The van der Waals surface area contributed by atoms with Crippen LogP contribution in [0.4, 0.5) is 11.4 Å². The van der Waals surface area contributed by atoms with Gasteiger partial charge in [-0.3, -0.25) is 9.10 Å². The standard InChI is InChI=1S/C20H31N3O3S/c1-27(25,26)23(16-13-20(24)21-17-7-3-2-4-8-17)19-11-9-18(10-12-19)22-14-5-6-15-22/h9-12,17H,2-8,13-16H2,1H3,(H,21,24). The van der Waals surface area contributed by atoms with Gasteiger partial charge < -0.3 is 10.2 Å². The minimum absolute atomic E-state index is 0.0655. The molecule has 1 aliphatic carbocycles. The summed E-state index contributed by atoms with van der Waals surface area (Å²) in [5.41, 5.74) is 1.74. The molecule has 3 rings (SSSR count). The van der Waals surface area contributed by atoms with Crippen molar-refractivity contribution >= 4 is 27.3 Å². The van der Waals surface area contributed by atoms with E-state index in [0.29, 0.717) is 5.69 Å². The highest BCUT2D eigenvalue weighted by atomic mass is 32.2. The zero-order chi connectivity index (χ0) is 19.3. The zero-order valence-corrected chi connectivity index (χ0v) is 17.0. The third kappa shape index (κ3) is 5.61. The number of carbonyl (C=O) groups excluding carboxylic acids is 1. The molecule has 1 saturated heterocycles. The third-order valence-corrected chi connectivity index (χ3v) is 6.72. The molecule has 7 heteroatoms. The highest BCUT2D eigenvalue weighted by Gasteiger charge is 2.21. The van der Waals surface area contributed by atoms with E-state index >= 15 is 0 Å². The fourth-order valence-corrected chi connectivity index (χ4v) is 4.97. The summed E-state index contributed by atoms with van der Waals surface area (Å²) in [5, 5.41) is 3.06. The highest BCUT2D eigenvalue weighted by Crippen LogP contribution is 2.25. The zero-order valence-electron chi connectivity index (χ0n) is 16.2. The van der Waals surface area contributed by atoms with Crippen LogP contribution in [0.25, 0.3) is 0 Å². The van der Waals surface area contributed by atoms with Gasteiger partial charge in [0, 0.05) is 37.8 Å². The van der Waals surface area contributed by atoms with Gasteiger partial charge >= 0.3 is 0 Å². The fourth-order valence-electron chi connectivity index (χ4n) is 4.04. The number of hydrogen-bond donors (Lipinski definition) is 1. The lowest BCUT2D eigenvalue weighted by atomic mass is 9.95. The first-order chi connectivity index (χ1) is 12.9. The van der Waals surface area contributed by atoms with Gasteiger partial charge in [0.1, 0.15) is 0 Å². The van der Waals surface area contributed by atoms with Crippen molar-refractivity contribution in [3.05, 3.63) is 24.3 Å². The quantitative estimate of drug-likeness (QED) is 0.773. The summed E-state index contributed by atoms with van der Waals surface area (Å²) in [6, 6.07) is 7.88. The molecule has 1 saturated carbocycles. The molecular weight excluding hydrogens is 362 g/mol. The van der Waals surface area contributed by atoms with Gasteiger partial charge in [-0.05, 0) is 49.9 Å². The molecule has 27 heavy (non-hydrogen) atoms. The smallest absolute Gasteiger partial charge is 0.232 e. The summed E-state index contributed by atoms with van der Waals surface area (Å²) in [4.78, 5) is 14.6. The van der Waals surface area contributed by atoms with Crippen molar-refractivity contribution in [1.29, 1.82) is 0 Å². The minimum Gasteiger partial charge on any atom is -0.372 e. The average molecular weight is 394 g/mol. The van der Waals surface area contributed by atoms with Crippen molar-refractivity contribution in [1.82, 2.24) is 5.32 Å². The van der Waals surface area contributed by atoms with Gasteiger partial charge in [-0.1, -0.05) is 19.3 Å². The Morgan fingerprint density at radius 2 is 1.70 bits per heavy atom. The van der Waals surface area contributed by atoms with E-state index in [-0.39, 0.29) is 24.9 Å². The molecule has 1 aromatic carbocycles.